The molecule has 0 saturated heterocycles. The van der Waals surface area contributed by atoms with Gasteiger partial charge in [0, 0.05) is 17.5 Å². The van der Waals surface area contributed by atoms with Crippen molar-refractivity contribution in [3.63, 3.8) is 0 Å². The number of nitrogens with two attached hydrogens (primary N) is 1. The van der Waals surface area contributed by atoms with Crippen molar-refractivity contribution in [1.29, 1.82) is 0 Å². The summed E-state index contributed by atoms with van der Waals surface area (Å²) in [7, 11) is 3.75. The number of anilines is 1. The zero-order valence-corrected chi connectivity index (χ0v) is 21.9. The molecule has 5 nitrogen and oxygen atoms in total. The number of fused-ring (bicyclic) bond motifs is 5. The standard InChI is InChI=1S/C28H35FN2O2.C2H7N/c1-26-10-11-27(29)15-21-13-22(32)5-4-17(21)8-9-28(27,33)24(26)7-6-23(26)18-2-3-19-16-31-25(30)14-20(19)12-18;1-3-2/h2-3,6,12,14,16-17,21-22,24,32-33H,4-5,7-11,13,15H2,1H3,(H2,30,31);3H,1-2H3/t17?,21?,22?,24?,26?,27?,28-;/m0./s1. The fourth-order valence-corrected chi connectivity index (χ4v) is 8.14. The molecule has 7 atom stereocenters. The van der Waals surface area contributed by atoms with Crippen LogP contribution < -0.4 is 11.1 Å². The zero-order chi connectivity index (χ0) is 25.7. The minimum atomic E-state index is -1.57. The summed E-state index contributed by atoms with van der Waals surface area (Å²) < 4.78 is 16.8. The normalized spacial score (nSPS) is 39.7. The maximum absolute atomic E-state index is 16.8. The van der Waals surface area contributed by atoms with Gasteiger partial charge in [-0.15, -0.1) is 0 Å². The van der Waals surface area contributed by atoms with Crippen LogP contribution in [-0.4, -0.2) is 46.7 Å². The number of allylic oxidation sites excluding steroid dienone is 2. The van der Waals surface area contributed by atoms with Crippen molar-refractivity contribution in [3.05, 3.63) is 42.1 Å². The molecule has 196 valence electrons. The average Bonchev–Trinajstić information content (AvgIpc) is 3.14. The molecule has 3 fully saturated rings. The molecule has 6 rings (SSSR count). The third-order valence-electron chi connectivity index (χ3n) is 9.98. The highest BCUT2D eigenvalue weighted by Gasteiger charge is 2.66. The molecule has 2 aromatic rings. The van der Waals surface area contributed by atoms with Crippen LogP contribution in [0.15, 0.2) is 36.5 Å². The first kappa shape index (κ1) is 25.6. The van der Waals surface area contributed by atoms with Crippen molar-refractivity contribution in [2.75, 3.05) is 19.8 Å². The lowest BCUT2D eigenvalue weighted by atomic mass is 9.53. The summed E-state index contributed by atoms with van der Waals surface area (Å²) in [6.07, 6.45) is 9.82. The quantitative estimate of drug-likeness (QED) is 0.433. The number of nitrogens with zero attached hydrogens (tertiary/aromatic N) is 1. The van der Waals surface area contributed by atoms with Crippen LogP contribution in [0.25, 0.3) is 16.3 Å². The summed E-state index contributed by atoms with van der Waals surface area (Å²) in [5.41, 5.74) is 5.15. The number of hydrogen-bond donors (Lipinski definition) is 4. The minimum absolute atomic E-state index is 0.123. The molecular weight excluding hydrogens is 453 g/mol. The average molecular weight is 496 g/mol. The van der Waals surface area contributed by atoms with Crippen LogP contribution in [0.3, 0.4) is 0 Å². The maximum atomic E-state index is 16.8. The van der Waals surface area contributed by atoms with E-state index in [9.17, 15) is 10.2 Å². The molecule has 6 heteroatoms. The van der Waals surface area contributed by atoms with Gasteiger partial charge in [-0.3, -0.25) is 0 Å². The van der Waals surface area contributed by atoms with Crippen molar-refractivity contribution < 1.29 is 14.6 Å². The molecule has 0 spiro atoms. The summed E-state index contributed by atoms with van der Waals surface area (Å²) in [4.78, 5) is 4.19. The molecule has 4 aliphatic rings. The number of aliphatic hydroxyl groups excluding tert-OH is 1. The second-order valence-corrected chi connectivity index (χ2v) is 12.1. The third-order valence-corrected chi connectivity index (χ3v) is 9.98. The number of nitrogen functional groups attached to an aromatic ring is 1. The SMILES string of the molecule is CC12CCC3(F)CC4CC(O)CCC4CC[C@]3(O)C1CC=C2c1ccc2cnc(N)cc2c1.CNC. The maximum Gasteiger partial charge on any atom is 0.140 e. The van der Waals surface area contributed by atoms with Gasteiger partial charge in [-0.1, -0.05) is 25.1 Å². The van der Waals surface area contributed by atoms with E-state index in [1.165, 1.54) is 5.57 Å². The Hall–Kier alpha value is -2.02. The second-order valence-electron chi connectivity index (χ2n) is 12.1. The number of hydrogen-bond acceptors (Lipinski definition) is 5. The molecule has 36 heavy (non-hydrogen) atoms. The van der Waals surface area contributed by atoms with Crippen LogP contribution in [0.5, 0.6) is 0 Å². The summed E-state index contributed by atoms with van der Waals surface area (Å²) in [6, 6.07) is 8.27. The lowest BCUT2D eigenvalue weighted by Gasteiger charge is -2.56. The van der Waals surface area contributed by atoms with E-state index in [2.05, 4.69) is 41.5 Å². The Morgan fingerprint density at radius 2 is 1.83 bits per heavy atom. The van der Waals surface area contributed by atoms with Gasteiger partial charge in [0.15, 0.2) is 0 Å². The zero-order valence-electron chi connectivity index (χ0n) is 21.9. The highest BCUT2D eigenvalue weighted by molar-refractivity contribution is 5.88. The van der Waals surface area contributed by atoms with Gasteiger partial charge in [-0.2, -0.15) is 0 Å². The Bertz CT molecular complexity index is 1150. The van der Waals surface area contributed by atoms with Gasteiger partial charge in [0.25, 0.3) is 0 Å². The van der Waals surface area contributed by atoms with E-state index in [1.54, 1.807) is 6.20 Å². The van der Waals surface area contributed by atoms with Crippen LogP contribution in [0, 0.1) is 23.2 Å². The summed E-state index contributed by atoms with van der Waals surface area (Å²) >= 11 is 0. The minimum Gasteiger partial charge on any atom is -0.393 e. The fourth-order valence-electron chi connectivity index (χ4n) is 8.14. The predicted molar refractivity (Wildman–Crippen MR) is 144 cm³/mol. The first-order valence-electron chi connectivity index (χ1n) is 13.7. The first-order valence-corrected chi connectivity index (χ1v) is 13.7. The lowest BCUT2D eigenvalue weighted by molar-refractivity contribution is -0.195. The van der Waals surface area contributed by atoms with Crippen molar-refractivity contribution in [3.8, 4) is 0 Å². The van der Waals surface area contributed by atoms with E-state index in [-0.39, 0.29) is 23.4 Å². The number of aromatic nitrogens is 1. The molecule has 1 aromatic heterocycles. The summed E-state index contributed by atoms with van der Waals surface area (Å²) in [5, 5.41) is 27.2. The molecule has 1 heterocycles. The Morgan fingerprint density at radius 1 is 1.06 bits per heavy atom. The Labute approximate surface area is 214 Å². The fraction of sp³-hybridized carbons (Fsp3) is 0.633. The van der Waals surface area contributed by atoms with Gasteiger partial charge in [0.1, 0.15) is 17.1 Å². The first-order chi connectivity index (χ1) is 17.1. The van der Waals surface area contributed by atoms with E-state index in [0.717, 1.165) is 42.0 Å². The van der Waals surface area contributed by atoms with Gasteiger partial charge in [-0.25, -0.2) is 9.37 Å². The van der Waals surface area contributed by atoms with Crippen molar-refractivity contribution in [1.82, 2.24) is 10.3 Å². The number of pyridine rings is 1. The number of nitrogens with one attached hydrogen (secondary N) is 1. The molecule has 0 aliphatic heterocycles. The smallest absolute Gasteiger partial charge is 0.140 e. The summed E-state index contributed by atoms with van der Waals surface area (Å²) in [5.74, 6) is 0.992. The highest BCUT2D eigenvalue weighted by Crippen LogP contribution is 2.66. The molecule has 0 amide bonds. The van der Waals surface area contributed by atoms with Crippen LogP contribution in [-0.2, 0) is 0 Å². The molecule has 4 aliphatic carbocycles. The molecule has 0 bridgehead atoms. The monoisotopic (exact) mass is 495 g/mol. The largest absolute Gasteiger partial charge is 0.393 e. The van der Waals surface area contributed by atoms with Crippen molar-refractivity contribution in [2.24, 2.45) is 23.2 Å². The van der Waals surface area contributed by atoms with Gasteiger partial charge < -0.3 is 21.3 Å². The van der Waals surface area contributed by atoms with E-state index in [4.69, 9.17) is 5.73 Å². The van der Waals surface area contributed by atoms with Gasteiger partial charge in [-0.05, 0) is 118 Å². The predicted octanol–water partition coefficient (Wildman–Crippen LogP) is 5.26. The van der Waals surface area contributed by atoms with E-state index >= 15 is 4.39 Å². The van der Waals surface area contributed by atoms with Gasteiger partial charge in [0.2, 0.25) is 0 Å². The molecule has 0 radical (unpaired) electrons. The molecule has 3 saturated carbocycles. The second kappa shape index (κ2) is 9.38. The summed E-state index contributed by atoms with van der Waals surface area (Å²) in [6.45, 7) is 2.24. The van der Waals surface area contributed by atoms with Crippen molar-refractivity contribution >= 4 is 22.2 Å². The number of rotatable bonds is 1. The van der Waals surface area contributed by atoms with E-state index in [1.807, 2.05) is 20.2 Å². The number of benzene rings is 1. The van der Waals surface area contributed by atoms with E-state index < -0.39 is 11.3 Å². The highest BCUT2D eigenvalue weighted by atomic mass is 19.1. The Balaban J connectivity index is 0.000000848. The Morgan fingerprint density at radius 3 is 2.61 bits per heavy atom. The van der Waals surface area contributed by atoms with Crippen LogP contribution in [0.4, 0.5) is 10.2 Å². The molecular formula is C30H42FN3O2. The lowest BCUT2D eigenvalue weighted by Crippen LogP contribution is -2.62. The third kappa shape index (κ3) is 4.06. The van der Waals surface area contributed by atoms with E-state index in [0.29, 0.717) is 43.8 Å². The molecule has 1 aromatic carbocycles. The van der Waals surface area contributed by atoms with Gasteiger partial charge >= 0.3 is 0 Å². The number of halogens is 1. The molecule has 6 unspecified atom stereocenters. The van der Waals surface area contributed by atoms with Crippen LogP contribution in [0.2, 0.25) is 0 Å². The Kier molecular flexibility index (Phi) is 6.67. The number of alkyl halides is 1. The molecule has 5 N–H and O–H groups in total. The van der Waals surface area contributed by atoms with Crippen LogP contribution in [0.1, 0.15) is 70.3 Å². The van der Waals surface area contributed by atoms with Crippen molar-refractivity contribution in [2.45, 2.75) is 82.1 Å². The van der Waals surface area contributed by atoms with Gasteiger partial charge in [0.05, 0.1) is 6.10 Å². The number of aliphatic hydroxyl groups is 2. The topological polar surface area (TPSA) is 91.4 Å². The van der Waals surface area contributed by atoms with Crippen LogP contribution >= 0.6 is 0 Å².